The first kappa shape index (κ1) is 17.5. The van der Waals surface area contributed by atoms with Crippen molar-refractivity contribution in [1.82, 2.24) is 4.90 Å². The number of halogens is 1. The Labute approximate surface area is 135 Å². The first-order valence-electron chi connectivity index (χ1n) is 7.04. The van der Waals surface area contributed by atoms with Gasteiger partial charge < -0.3 is 9.64 Å². The van der Waals surface area contributed by atoms with Crippen molar-refractivity contribution in [2.45, 2.75) is 64.6 Å². The summed E-state index contributed by atoms with van der Waals surface area (Å²) in [7, 11) is 0. The minimum atomic E-state index is -0.520. The van der Waals surface area contributed by atoms with Crippen LogP contribution in [0.3, 0.4) is 0 Å². The van der Waals surface area contributed by atoms with Crippen molar-refractivity contribution in [3.63, 3.8) is 0 Å². The van der Waals surface area contributed by atoms with Gasteiger partial charge in [0, 0.05) is 10.5 Å². The summed E-state index contributed by atoms with van der Waals surface area (Å²) in [5, 5.41) is 0. The van der Waals surface area contributed by atoms with Gasteiger partial charge in [0.1, 0.15) is 11.6 Å². The van der Waals surface area contributed by atoms with E-state index in [1.807, 2.05) is 27.7 Å². The summed E-state index contributed by atoms with van der Waals surface area (Å²) < 4.78 is 6.42. The van der Waals surface area contributed by atoms with Gasteiger partial charge >= 0.3 is 5.97 Å². The number of hydrogen-bond acceptors (Lipinski definition) is 3. The Hall–Kier alpha value is -0.590. The maximum absolute atomic E-state index is 12.3. The highest BCUT2D eigenvalue weighted by Gasteiger charge is 2.41. The molecule has 0 unspecified atom stereocenters. The molecule has 5 heteroatoms. The molecule has 1 aliphatic heterocycles. The lowest BCUT2D eigenvalue weighted by molar-refractivity contribution is -0.163. The summed E-state index contributed by atoms with van der Waals surface area (Å²) in [5.41, 5.74) is -0.520. The van der Waals surface area contributed by atoms with E-state index in [0.29, 0.717) is 6.42 Å². The predicted octanol–water partition coefficient (Wildman–Crippen LogP) is 3.09. The number of likely N-dealkylation sites (tertiary alicyclic amines) is 1. The fraction of sp³-hybridized carbons (Fsp3) is 0.733. The average molecular weight is 393 g/mol. The van der Waals surface area contributed by atoms with Crippen molar-refractivity contribution >= 4 is 34.5 Å². The van der Waals surface area contributed by atoms with Crippen molar-refractivity contribution in [3.05, 3.63) is 12.2 Å². The number of rotatable bonds is 4. The lowest BCUT2D eigenvalue weighted by Gasteiger charge is -2.30. The number of carbonyl (C=O) groups is 2. The van der Waals surface area contributed by atoms with E-state index >= 15 is 0 Å². The van der Waals surface area contributed by atoms with E-state index in [4.69, 9.17) is 4.74 Å². The van der Waals surface area contributed by atoms with Gasteiger partial charge in [-0.1, -0.05) is 28.7 Å². The SMILES string of the molecule is C/C=C/C(=O)N1[C@@H](CCI)CC[C@H]1C(=O)OC(C)(C)C. The van der Waals surface area contributed by atoms with Crippen LogP contribution in [0.15, 0.2) is 12.2 Å². The van der Waals surface area contributed by atoms with Crippen LogP contribution in [0.5, 0.6) is 0 Å². The summed E-state index contributed by atoms with van der Waals surface area (Å²) in [5.74, 6) is -0.373. The second kappa shape index (κ2) is 7.43. The zero-order chi connectivity index (χ0) is 15.3. The van der Waals surface area contributed by atoms with E-state index in [1.54, 1.807) is 11.0 Å². The smallest absolute Gasteiger partial charge is 0.329 e. The van der Waals surface area contributed by atoms with Crippen LogP contribution in [0.25, 0.3) is 0 Å². The molecule has 1 fully saturated rings. The number of alkyl halides is 1. The molecule has 1 aliphatic rings. The van der Waals surface area contributed by atoms with Gasteiger partial charge in [0.05, 0.1) is 0 Å². The van der Waals surface area contributed by atoms with Crippen LogP contribution in [0.2, 0.25) is 0 Å². The molecule has 1 amide bonds. The van der Waals surface area contributed by atoms with Crippen molar-refractivity contribution in [3.8, 4) is 0 Å². The number of nitrogens with zero attached hydrogens (tertiary/aromatic N) is 1. The van der Waals surface area contributed by atoms with Crippen LogP contribution < -0.4 is 0 Å². The van der Waals surface area contributed by atoms with E-state index in [0.717, 1.165) is 17.3 Å². The lowest BCUT2D eigenvalue weighted by Crippen LogP contribution is -2.46. The second-order valence-corrected chi connectivity index (χ2v) is 7.08. The number of esters is 1. The minimum Gasteiger partial charge on any atom is -0.458 e. The Morgan fingerprint density at radius 2 is 2.00 bits per heavy atom. The molecule has 1 heterocycles. The van der Waals surface area contributed by atoms with Crippen LogP contribution in [0.1, 0.15) is 47.0 Å². The lowest BCUT2D eigenvalue weighted by atomic mass is 10.1. The molecule has 0 aromatic heterocycles. The summed E-state index contributed by atoms with van der Waals surface area (Å²) in [6.07, 6.45) is 5.73. The summed E-state index contributed by atoms with van der Waals surface area (Å²) in [6, 6.07) is -0.293. The van der Waals surface area contributed by atoms with Crippen molar-refractivity contribution in [1.29, 1.82) is 0 Å². The van der Waals surface area contributed by atoms with Crippen LogP contribution in [-0.4, -0.2) is 38.9 Å². The highest BCUT2D eigenvalue weighted by atomic mass is 127. The maximum Gasteiger partial charge on any atom is 0.329 e. The molecular formula is C15H24INO3. The fourth-order valence-corrected chi connectivity index (χ4v) is 3.17. The van der Waals surface area contributed by atoms with Gasteiger partial charge in [-0.05, 0) is 53.0 Å². The third-order valence-electron chi connectivity index (χ3n) is 3.19. The summed E-state index contributed by atoms with van der Waals surface area (Å²) in [6.45, 7) is 7.35. The Balaban J connectivity index is 2.88. The van der Waals surface area contributed by atoms with Gasteiger partial charge in [0.25, 0.3) is 0 Å². The number of hydrogen-bond donors (Lipinski definition) is 0. The van der Waals surface area contributed by atoms with E-state index in [2.05, 4.69) is 22.6 Å². The maximum atomic E-state index is 12.3. The molecular weight excluding hydrogens is 369 g/mol. The van der Waals surface area contributed by atoms with E-state index < -0.39 is 11.6 Å². The zero-order valence-electron chi connectivity index (χ0n) is 12.7. The van der Waals surface area contributed by atoms with E-state index in [1.165, 1.54) is 6.08 Å². The molecule has 114 valence electrons. The van der Waals surface area contributed by atoms with Crippen LogP contribution >= 0.6 is 22.6 Å². The zero-order valence-corrected chi connectivity index (χ0v) is 14.8. The van der Waals surface area contributed by atoms with Gasteiger partial charge in [-0.15, -0.1) is 0 Å². The highest BCUT2D eigenvalue weighted by Crippen LogP contribution is 2.29. The molecule has 0 spiro atoms. The van der Waals surface area contributed by atoms with Crippen LogP contribution in [0.4, 0.5) is 0 Å². The normalized spacial score (nSPS) is 23.4. The van der Waals surface area contributed by atoms with Crippen LogP contribution in [-0.2, 0) is 14.3 Å². The van der Waals surface area contributed by atoms with Crippen molar-refractivity contribution in [2.75, 3.05) is 4.43 Å². The molecule has 0 aromatic carbocycles. The molecule has 0 saturated carbocycles. The largest absolute Gasteiger partial charge is 0.458 e. The monoisotopic (exact) mass is 393 g/mol. The Bertz CT molecular complexity index is 387. The number of ether oxygens (including phenoxy) is 1. The first-order valence-corrected chi connectivity index (χ1v) is 8.56. The quantitative estimate of drug-likeness (QED) is 0.319. The Morgan fingerprint density at radius 1 is 1.35 bits per heavy atom. The van der Waals surface area contributed by atoms with Gasteiger partial charge in [-0.2, -0.15) is 0 Å². The molecule has 1 rings (SSSR count). The second-order valence-electron chi connectivity index (χ2n) is 6.00. The fourth-order valence-electron chi connectivity index (χ4n) is 2.46. The third-order valence-corrected chi connectivity index (χ3v) is 3.81. The molecule has 0 radical (unpaired) electrons. The molecule has 4 nitrogen and oxygen atoms in total. The summed E-state index contributed by atoms with van der Waals surface area (Å²) >= 11 is 2.31. The Morgan fingerprint density at radius 3 is 2.50 bits per heavy atom. The van der Waals surface area contributed by atoms with Gasteiger partial charge in [0.2, 0.25) is 5.91 Å². The molecule has 2 atom stereocenters. The van der Waals surface area contributed by atoms with Gasteiger partial charge in [-0.3, -0.25) is 4.79 Å². The molecule has 0 aromatic rings. The highest BCUT2D eigenvalue weighted by molar-refractivity contribution is 14.1. The number of amides is 1. The average Bonchev–Trinajstić information content (AvgIpc) is 2.71. The molecule has 1 saturated heterocycles. The van der Waals surface area contributed by atoms with Gasteiger partial charge in [0.15, 0.2) is 0 Å². The van der Waals surface area contributed by atoms with E-state index in [9.17, 15) is 9.59 Å². The van der Waals surface area contributed by atoms with Gasteiger partial charge in [-0.25, -0.2) is 4.79 Å². The van der Waals surface area contributed by atoms with Crippen molar-refractivity contribution < 1.29 is 14.3 Å². The predicted molar refractivity (Wildman–Crippen MR) is 87.8 cm³/mol. The third kappa shape index (κ3) is 4.75. The molecule has 0 bridgehead atoms. The number of allylic oxidation sites excluding steroid dienone is 1. The molecule has 0 N–H and O–H groups in total. The minimum absolute atomic E-state index is 0.0873. The van der Waals surface area contributed by atoms with Crippen molar-refractivity contribution in [2.24, 2.45) is 0 Å². The Kier molecular flexibility index (Phi) is 6.48. The molecule has 0 aliphatic carbocycles. The van der Waals surface area contributed by atoms with Crippen LogP contribution in [0, 0.1) is 0 Å². The van der Waals surface area contributed by atoms with E-state index in [-0.39, 0.29) is 17.9 Å². The molecule has 20 heavy (non-hydrogen) atoms. The number of carbonyl (C=O) groups excluding carboxylic acids is 2. The topological polar surface area (TPSA) is 46.6 Å². The first-order chi connectivity index (χ1) is 9.30. The standard InChI is InChI=1S/C15H24INO3/c1-5-6-13(18)17-11(9-10-16)7-8-12(17)14(19)20-15(2,3)4/h5-6,11-12H,7-10H2,1-4H3/b6-5+/t11-,12+/m1/s1. The summed E-state index contributed by atoms with van der Waals surface area (Å²) in [4.78, 5) is 26.2.